The molecule has 1 saturated heterocycles. The van der Waals surface area contributed by atoms with E-state index in [9.17, 15) is 31.5 Å². The lowest BCUT2D eigenvalue weighted by Crippen LogP contribution is -2.58. The number of imidazole rings is 1. The van der Waals surface area contributed by atoms with Crippen LogP contribution < -0.4 is 10.6 Å². The minimum Gasteiger partial charge on any atom is -0.382 e. The summed E-state index contributed by atoms with van der Waals surface area (Å²) < 4.78 is 81.3. The van der Waals surface area contributed by atoms with Crippen molar-refractivity contribution in [3.8, 4) is 0 Å². The van der Waals surface area contributed by atoms with Crippen LogP contribution in [0.4, 0.5) is 26.7 Å². The van der Waals surface area contributed by atoms with Gasteiger partial charge >= 0.3 is 6.03 Å². The van der Waals surface area contributed by atoms with Crippen molar-refractivity contribution in [2.45, 2.75) is 62.7 Å². The van der Waals surface area contributed by atoms with Gasteiger partial charge in [-0.15, -0.1) is 0 Å². The summed E-state index contributed by atoms with van der Waals surface area (Å²) in [5.41, 5.74) is 0.204. The lowest BCUT2D eigenvalue weighted by molar-refractivity contribution is -0.0510. The number of hydrogen-bond acceptors (Lipinski definition) is 8. The Labute approximate surface area is 235 Å². The normalized spacial score (nSPS) is 21.1. The Bertz CT molecular complexity index is 1440. The molecular formula is C25H29F5N8O4. The van der Waals surface area contributed by atoms with Gasteiger partial charge in [0.15, 0.2) is 17.0 Å². The maximum Gasteiger partial charge on any atom is 0.318 e. The van der Waals surface area contributed by atoms with Crippen molar-refractivity contribution >= 4 is 17.6 Å². The summed E-state index contributed by atoms with van der Waals surface area (Å²) in [6.45, 7) is -0.549. The molecule has 2 fully saturated rings. The molecule has 5 rings (SSSR count). The van der Waals surface area contributed by atoms with Gasteiger partial charge in [0.25, 0.3) is 11.8 Å². The van der Waals surface area contributed by atoms with E-state index in [-0.39, 0.29) is 55.0 Å². The van der Waals surface area contributed by atoms with Gasteiger partial charge in [-0.05, 0) is 36.9 Å². The molecule has 3 amide bonds. The molecule has 228 valence electrons. The molecule has 1 unspecified atom stereocenters. The lowest BCUT2D eigenvalue weighted by Gasteiger charge is -2.38. The molecule has 1 aliphatic heterocycles. The Morgan fingerprint density at radius 2 is 1.98 bits per heavy atom. The van der Waals surface area contributed by atoms with Gasteiger partial charge in [-0.1, -0.05) is 5.16 Å². The van der Waals surface area contributed by atoms with Crippen LogP contribution in [0.3, 0.4) is 0 Å². The van der Waals surface area contributed by atoms with Crippen LogP contribution in [0.2, 0.25) is 0 Å². The molecule has 2 aliphatic rings. The average molecular weight is 601 g/mol. The highest BCUT2D eigenvalue weighted by atomic mass is 19.3. The third-order valence-electron chi connectivity index (χ3n) is 7.55. The van der Waals surface area contributed by atoms with Crippen molar-refractivity contribution in [3.05, 3.63) is 41.1 Å². The summed E-state index contributed by atoms with van der Waals surface area (Å²) in [6.07, 6.45) is 0.600. The van der Waals surface area contributed by atoms with Gasteiger partial charge in [0, 0.05) is 25.5 Å². The molecule has 1 saturated carbocycles. The molecule has 17 heteroatoms. The van der Waals surface area contributed by atoms with Crippen molar-refractivity contribution < 1.29 is 40.9 Å². The fraction of sp³-hybridized carbons (Fsp3) is 0.600. The number of carbonyl (C=O) groups is 2. The second-order valence-corrected chi connectivity index (χ2v) is 10.6. The number of methoxy groups -OCH3 is 1. The first-order valence-corrected chi connectivity index (χ1v) is 13.3. The van der Waals surface area contributed by atoms with Gasteiger partial charge in [0.05, 0.1) is 49.9 Å². The van der Waals surface area contributed by atoms with E-state index in [4.69, 9.17) is 4.74 Å². The van der Waals surface area contributed by atoms with Crippen LogP contribution in [0.25, 0.3) is 5.65 Å². The zero-order valence-electron chi connectivity index (χ0n) is 22.7. The molecule has 2 N–H and O–H groups in total. The first-order chi connectivity index (χ1) is 19.9. The van der Waals surface area contributed by atoms with Crippen molar-refractivity contribution in [1.29, 1.82) is 0 Å². The fourth-order valence-corrected chi connectivity index (χ4v) is 5.35. The molecule has 12 nitrogen and oxygen atoms in total. The number of amides is 3. The van der Waals surface area contributed by atoms with Gasteiger partial charge in [0.2, 0.25) is 5.92 Å². The standard InChI is InChI=1S/C25H29F5N8O4/c1-13(26)19-21(36-42-35-19)22(39)34-20(14-3-5-24(27,28)6-4-14)16-9-38-18(33-16)7-15(8-32-38)17(10-41-2)37-12-25(29,30)11-31-23(37)40/h7-9,13-14,17,20H,3-6,10-12H2,1-2H3,(H,31,40)(H,34,39)/t13?,17-,20+/m1/s1. The number of ether oxygens (including phenoxy) is 1. The van der Waals surface area contributed by atoms with Gasteiger partial charge in [0.1, 0.15) is 6.17 Å². The van der Waals surface area contributed by atoms with Crippen LogP contribution in [-0.2, 0) is 4.74 Å². The Balaban J connectivity index is 1.47. The molecule has 3 aromatic heterocycles. The predicted molar refractivity (Wildman–Crippen MR) is 134 cm³/mol. The van der Waals surface area contributed by atoms with Crippen LogP contribution in [0.5, 0.6) is 0 Å². The van der Waals surface area contributed by atoms with E-state index in [1.54, 1.807) is 6.07 Å². The van der Waals surface area contributed by atoms with Crippen LogP contribution in [-0.4, -0.2) is 80.4 Å². The summed E-state index contributed by atoms with van der Waals surface area (Å²) in [7, 11) is 1.37. The smallest absolute Gasteiger partial charge is 0.318 e. The number of carbonyl (C=O) groups excluding carboxylic acids is 2. The Hall–Kier alpha value is -3.89. The lowest BCUT2D eigenvalue weighted by atomic mass is 9.81. The molecule has 0 bridgehead atoms. The summed E-state index contributed by atoms with van der Waals surface area (Å²) in [5.74, 6) is -7.26. The highest BCUT2D eigenvalue weighted by molar-refractivity contribution is 5.93. The van der Waals surface area contributed by atoms with E-state index in [1.165, 1.54) is 24.0 Å². The third kappa shape index (κ3) is 6.15. The molecular weight excluding hydrogens is 571 g/mol. The van der Waals surface area contributed by atoms with Gasteiger partial charge in [-0.3, -0.25) is 4.79 Å². The second-order valence-electron chi connectivity index (χ2n) is 10.6. The quantitative estimate of drug-likeness (QED) is 0.354. The van der Waals surface area contributed by atoms with Gasteiger partial charge in [-0.2, -0.15) is 5.10 Å². The zero-order valence-corrected chi connectivity index (χ0v) is 22.7. The van der Waals surface area contributed by atoms with Crippen LogP contribution >= 0.6 is 0 Å². The number of hydrogen-bond donors (Lipinski definition) is 2. The Morgan fingerprint density at radius 1 is 1.24 bits per heavy atom. The van der Waals surface area contributed by atoms with Crippen molar-refractivity contribution in [1.82, 2.24) is 40.4 Å². The number of fused-ring (bicyclic) bond motifs is 1. The van der Waals surface area contributed by atoms with Crippen molar-refractivity contribution in [3.63, 3.8) is 0 Å². The van der Waals surface area contributed by atoms with E-state index in [0.29, 0.717) is 5.56 Å². The monoisotopic (exact) mass is 600 g/mol. The number of nitrogens with one attached hydrogen (secondary N) is 2. The fourth-order valence-electron chi connectivity index (χ4n) is 5.35. The minimum absolute atomic E-state index is 0.0716. The number of aromatic nitrogens is 5. The number of rotatable bonds is 9. The third-order valence-corrected chi connectivity index (χ3v) is 7.55. The molecule has 42 heavy (non-hydrogen) atoms. The molecule has 3 atom stereocenters. The number of nitrogens with zero attached hydrogens (tertiary/aromatic N) is 6. The van der Waals surface area contributed by atoms with Gasteiger partial charge < -0.3 is 20.3 Å². The second kappa shape index (κ2) is 11.4. The molecule has 0 spiro atoms. The van der Waals surface area contributed by atoms with Gasteiger partial charge in [-0.25, -0.2) is 40.9 Å². The highest BCUT2D eigenvalue weighted by Crippen LogP contribution is 2.41. The van der Waals surface area contributed by atoms with E-state index in [2.05, 4.69) is 35.7 Å². The van der Waals surface area contributed by atoms with Crippen LogP contribution in [0.15, 0.2) is 23.1 Å². The average Bonchev–Trinajstić information content (AvgIpc) is 3.59. The van der Waals surface area contributed by atoms with Crippen molar-refractivity contribution in [2.24, 2.45) is 5.92 Å². The SMILES string of the molecule is COC[C@H](c1cnn2cc([C@@H](NC(=O)c3nonc3C(C)F)C3CCC(F)(F)CC3)nc2c1)N1CC(F)(F)CNC1=O. The summed E-state index contributed by atoms with van der Waals surface area (Å²) in [6, 6.07) is -0.957. The maximum atomic E-state index is 14.1. The highest BCUT2D eigenvalue weighted by Gasteiger charge is 2.43. The molecule has 4 heterocycles. The zero-order chi connectivity index (χ0) is 30.2. The van der Waals surface area contributed by atoms with Crippen molar-refractivity contribution in [2.75, 3.05) is 26.8 Å². The minimum atomic E-state index is -3.15. The topological polar surface area (TPSA) is 140 Å². The van der Waals surface area contributed by atoms with E-state index < -0.39 is 61.0 Å². The Morgan fingerprint density at radius 3 is 2.67 bits per heavy atom. The molecule has 0 radical (unpaired) electrons. The van der Waals surface area contributed by atoms with E-state index >= 15 is 0 Å². The first kappa shape index (κ1) is 29.6. The summed E-state index contributed by atoms with van der Waals surface area (Å²) in [4.78, 5) is 31.1. The largest absolute Gasteiger partial charge is 0.382 e. The molecule has 0 aromatic carbocycles. The number of halogens is 5. The summed E-state index contributed by atoms with van der Waals surface area (Å²) in [5, 5.41) is 16.2. The number of alkyl halides is 5. The summed E-state index contributed by atoms with van der Waals surface area (Å²) >= 11 is 0. The van der Waals surface area contributed by atoms with E-state index in [1.807, 2.05) is 0 Å². The molecule has 1 aliphatic carbocycles. The first-order valence-electron chi connectivity index (χ1n) is 13.3. The van der Waals surface area contributed by atoms with E-state index in [0.717, 1.165) is 11.8 Å². The Kier molecular flexibility index (Phi) is 8.04. The molecule has 3 aromatic rings. The number of urea groups is 1. The van der Waals surface area contributed by atoms with Crippen LogP contribution in [0, 0.1) is 5.92 Å². The van der Waals surface area contributed by atoms with Crippen LogP contribution in [0.1, 0.15) is 78.3 Å². The predicted octanol–water partition coefficient (Wildman–Crippen LogP) is 3.79. The maximum absolute atomic E-state index is 14.1.